The van der Waals surface area contributed by atoms with Gasteiger partial charge in [0.15, 0.2) is 0 Å². The van der Waals surface area contributed by atoms with Gasteiger partial charge in [0.2, 0.25) is 0 Å². The predicted octanol–water partition coefficient (Wildman–Crippen LogP) is -4.94. The zero-order chi connectivity index (χ0) is 3.58. The van der Waals surface area contributed by atoms with Gasteiger partial charge in [-0.1, -0.05) is 0 Å². The number of hydrogen-bond donors (Lipinski definition) is 3. The first-order chi connectivity index (χ1) is 1.73. The molecule has 32 valence electrons. The molecule has 6 heteroatoms. The molecular formula is H4BNaO3Sm. The molecule has 0 bridgehead atoms. The second-order valence-corrected chi connectivity index (χ2v) is 0.346. The summed E-state index contributed by atoms with van der Waals surface area (Å²) in [6, 6.07) is 0. The summed E-state index contributed by atoms with van der Waals surface area (Å²) in [7, 11) is -2.17. The molecule has 0 aromatic rings. The zero-order valence-corrected chi connectivity index (χ0v) is 7.95. The molecule has 0 amide bonds. The summed E-state index contributed by atoms with van der Waals surface area (Å²) in [4.78, 5) is 0. The van der Waals surface area contributed by atoms with Crippen LogP contribution in [0.4, 0.5) is 0 Å². The summed E-state index contributed by atoms with van der Waals surface area (Å²) < 4.78 is 0. The Kier molecular flexibility index (Phi) is 27.0. The van der Waals surface area contributed by atoms with E-state index in [1.807, 2.05) is 0 Å². The molecule has 3 N–H and O–H groups in total. The molecule has 0 aliphatic heterocycles. The van der Waals surface area contributed by atoms with Crippen LogP contribution >= 0.6 is 0 Å². The van der Waals surface area contributed by atoms with E-state index in [4.69, 9.17) is 15.1 Å². The number of hydrogen-bond acceptors (Lipinski definition) is 3. The van der Waals surface area contributed by atoms with Crippen molar-refractivity contribution in [3.8, 4) is 0 Å². The van der Waals surface area contributed by atoms with Crippen LogP contribution in [-0.4, -0.2) is 22.4 Å². The summed E-state index contributed by atoms with van der Waals surface area (Å²) in [5.41, 5.74) is 0. The topological polar surface area (TPSA) is 60.7 Å². The third kappa shape index (κ3) is 33.6. The molecule has 3 nitrogen and oxygen atoms in total. The van der Waals surface area contributed by atoms with Crippen molar-refractivity contribution in [3.63, 3.8) is 0 Å². The molecule has 0 aromatic carbocycles. The molecular weight excluding hydrogens is 232 g/mol. The Balaban J connectivity index is -0.0000000150. The largest absolute Gasteiger partial charge is 1.00 e. The molecule has 0 unspecified atom stereocenters. The molecule has 0 saturated heterocycles. The first-order valence-electron chi connectivity index (χ1n) is 0.775. The zero-order valence-electron chi connectivity index (χ0n) is 4.33. The van der Waals surface area contributed by atoms with Gasteiger partial charge in [-0.3, -0.25) is 0 Å². The van der Waals surface area contributed by atoms with Gasteiger partial charge in [-0.2, -0.15) is 0 Å². The van der Waals surface area contributed by atoms with Crippen LogP contribution < -0.4 is 29.6 Å². The van der Waals surface area contributed by atoms with E-state index in [1.54, 1.807) is 0 Å². The summed E-state index contributed by atoms with van der Waals surface area (Å²) >= 11 is 0. The van der Waals surface area contributed by atoms with Crippen molar-refractivity contribution in [2.75, 3.05) is 0 Å². The van der Waals surface area contributed by atoms with Crippen molar-refractivity contribution in [2.45, 2.75) is 0 Å². The van der Waals surface area contributed by atoms with Crippen molar-refractivity contribution >= 4 is 7.32 Å². The smallest absolute Gasteiger partial charge is 1.00 e. The van der Waals surface area contributed by atoms with Crippen LogP contribution in [-0.2, 0) is 0 Å². The molecule has 0 radical (unpaired) electrons. The van der Waals surface area contributed by atoms with Crippen molar-refractivity contribution in [3.05, 3.63) is 0 Å². The fourth-order valence-electron chi connectivity index (χ4n) is 0. The third-order valence-electron chi connectivity index (χ3n) is 0. The summed E-state index contributed by atoms with van der Waals surface area (Å²) in [5.74, 6) is 0. The van der Waals surface area contributed by atoms with Crippen LogP contribution in [0.25, 0.3) is 0 Å². The predicted molar refractivity (Wildman–Crippen MR) is 13.5 cm³/mol. The Hall–Kier alpha value is 2.28. The molecule has 0 saturated carbocycles. The minimum Gasteiger partial charge on any atom is -1.00 e. The summed E-state index contributed by atoms with van der Waals surface area (Å²) in [6.45, 7) is 0. The van der Waals surface area contributed by atoms with Gasteiger partial charge in [0.05, 0.1) is 0 Å². The van der Waals surface area contributed by atoms with Crippen LogP contribution in [0.15, 0.2) is 0 Å². The van der Waals surface area contributed by atoms with E-state index >= 15 is 0 Å². The molecule has 0 fully saturated rings. The Labute approximate surface area is 92.2 Å². The van der Waals surface area contributed by atoms with Crippen molar-refractivity contribution in [2.24, 2.45) is 0 Å². The van der Waals surface area contributed by atoms with Gasteiger partial charge in [0.25, 0.3) is 0 Å². The second kappa shape index (κ2) is 10.3. The Morgan fingerprint density at radius 1 is 1.17 bits per heavy atom. The Morgan fingerprint density at radius 2 is 1.17 bits per heavy atom. The van der Waals surface area contributed by atoms with Crippen LogP contribution in [0, 0.1) is 40.4 Å². The van der Waals surface area contributed by atoms with E-state index in [9.17, 15) is 0 Å². The second-order valence-electron chi connectivity index (χ2n) is 0.346. The van der Waals surface area contributed by atoms with Gasteiger partial charge >= 0.3 is 36.9 Å². The first kappa shape index (κ1) is 15.7. The van der Waals surface area contributed by atoms with Gasteiger partial charge in [0, 0.05) is 40.4 Å². The van der Waals surface area contributed by atoms with Gasteiger partial charge < -0.3 is 16.5 Å². The Morgan fingerprint density at radius 3 is 1.17 bits per heavy atom. The molecule has 0 aliphatic rings. The molecule has 0 aromatic heterocycles. The standard InChI is InChI=1S/BH3O3.Na.Sm.H/c2-1(3)4;;;/h2-4H;;;/q;+1;;-1. The van der Waals surface area contributed by atoms with E-state index in [-0.39, 0.29) is 71.4 Å². The van der Waals surface area contributed by atoms with Crippen LogP contribution in [0.1, 0.15) is 1.43 Å². The molecule has 0 spiro atoms. The normalized spacial score (nSPS) is 4.50. The van der Waals surface area contributed by atoms with E-state index in [0.29, 0.717) is 0 Å². The third-order valence-corrected chi connectivity index (χ3v) is 0. The minimum absolute atomic E-state index is 0. The molecule has 0 aliphatic carbocycles. The van der Waals surface area contributed by atoms with E-state index in [2.05, 4.69) is 0 Å². The average molecular weight is 236 g/mol. The SMILES string of the molecule is OB(O)O.[H-].[Na+].[Sm]. The molecule has 6 heavy (non-hydrogen) atoms. The fourth-order valence-corrected chi connectivity index (χ4v) is 0. The van der Waals surface area contributed by atoms with E-state index in [1.165, 1.54) is 0 Å². The van der Waals surface area contributed by atoms with Crippen molar-refractivity contribution in [1.82, 2.24) is 0 Å². The summed E-state index contributed by atoms with van der Waals surface area (Å²) in [6.07, 6.45) is 0. The first-order valence-corrected chi connectivity index (χ1v) is 0.775. The van der Waals surface area contributed by atoms with E-state index < -0.39 is 7.32 Å². The van der Waals surface area contributed by atoms with Gasteiger partial charge in [-0.15, -0.1) is 0 Å². The van der Waals surface area contributed by atoms with Gasteiger partial charge in [0.1, 0.15) is 0 Å². The number of rotatable bonds is 0. The maximum atomic E-state index is 7.17. The maximum Gasteiger partial charge on any atom is 1.00 e. The van der Waals surface area contributed by atoms with Crippen molar-refractivity contribution in [1.29, 1.82) is 0 Å². The van der Waals surface area contributed by atoms with Crippen LogP contribution in [0.2, 0.25) is 0 Å². The maximum absolute atomic E-state index is 7.17. The van der Waals surface area contributed by atoms with Crippen molar-refractivity contribution < 1.29 is 86.4 Å². The monoisotopic (exact) mass is 238 g/mol. The minimum atomic E-state index is -2.17. The van der Waals surface area contributed by atoms with Gasteiger partial charge in [-0.25, -0.2) is 0 Å². The Bertz CT molecular complexity index is 19.7. The summed E-state index contributed by atoms with van der Waals surface area (Å²) in [5, 5.41) is 21.5. The quantitative estimate of drug-likeness (QED) is 0.369. The molecule has 0 heterocycles. The molecule has 0 atom stereocenters. The average Bonchev–Trinajstić information content (AvgIpc) is 0.811. The van der Waals surface area contributed by atoms with Crippen LogP contribution in [0.5, 0.6) is 0 Å². The fraction of sp³-hybridized carbons (Fsp3) is 0. The van der Waals surface area contributed by atoms with Crippen LogP contribution in [0.3, 0.4) is 0 Å². The van der Waals surface area contributed by atoms with Gasteiger partial charge in [-0.05, 0) is 0 Å². The van der Waals surface area contributed by atoms with E-state index in [0.717, 1.165) is 0 Å². The molecule has 0 rings (SSSR count).